The molecule has 2 aromatic rings. The van der Waals surface area contributed by atoms with E-state index in [0.717, 1.165) is 19.0 Å². The molecule has 1 saturated heterocycles. The standard InChI is InChI=1S/C22H27N3/c1-2-4-18(5-3-1)14-23-20-9-8-19-15-24-22(13-17-6-7-17)10-11-25(16-22)21(19)12-20/h1-5,8-9,12,17,23-24H,6-7,10-11,13-16H2. The van der Waals surface area contributed by atoms with Crippen LogP contribution in [0.5, 0.6) is 0 Å². The van der Waals surface area contributed by atoms with Crippen LogP contribution >= 0.6 is 0 Å². The van der Waals surface area contributed by atoms with Crippen molar-refractivity contribution in [3.8, 4) is 0 Å². The summed E-state index contributed by atoms with van der Waals surface area (Å²) in [7, 11) is 0. The minimum absolute atomic E-state index is 0.359. The zero-order valence-corrected chi connectivity index (χ0v) is 14.8. The van der Waals surface area contributed by atoms with Crippen molar-refractivity contribution in [3.63, 3.8) is 0 Å². The summed E-state index contributed by atoms with van der Waals surface area (Å²) in [5.74, 6) is 0.983. The van der Waals surface area contributed by atoms with Gasteiger partial charge in [0.05, 0.1) is 0 Å². The number of nitrogens with zero attached hydrogens (tertiary/aromatic N) is 1. The topological polar surface area (TPSA) is 27.3 Å². The summed E-state index contributed by atoms with van der Waals surface area (Å²) in [6.07, 6.45) is 5.56. The van der Waals surface area contributed by atoms with Gasteiger partial charge in [0.25, 0.3) is 0 Å². The Labute approximate surface area is 150 Å². The maximum absolute atomic E-state index is 3.93. The SMILES string of the molecule is c1ccc(CNc2ccc3c(c2)N2CCC(CC4CC4)(C2)NC3)cc1. The van der Waals surface area contributed by atoms with E-state index >= 15 is 0 Å². The van der Waals surface area contributed by atoms with Gasteiger partial charge in [0.1, 0.15) is 0 Å². The van der Waals surface area contributed by atoms with Crippen molar-refractivity contribution in [3.05, 3.63) is 59.7 Å². The number of anilines is 2. The van der Waals surface area contributed by atoms with E-state index in [9.17, 15) is 0 Å². The molecule has 2 aromatic carbocycles. The van der Waals surface area contributed by atoms with E-state index in [1.165, 1.54) is 61.3 Å². The van der Waals surface area contributed by atoms with Gasteiger partial charge >= 0.3 is 0 Å². The van der Waals surface area contributed by atoms with Crippen LogP contribution in [0.3, 0.4) is 0 Å². The molecule has 3 heteroatoms. The number of hydrogen-bond acceptors (Lipinski definition) is 3. The van der Waals surface area contributed by atoms with Crippen LogP contribution in [0, 0.1) is 5.92 Å². The van der Waals surface area contributed by atoms with Gasteiger partial charge in [-0.25, -0.2) is 0 Å². The Morgan fingerprint density at radius 1 is 1.12 bits per heavy atom. The smallest absolute Gasteiger partial charge is 0.0433 e. The predicted molar refractivity (Wildman–Crippen MR) is 104 cm³/mol. The molecular formula is C22H27N3. The number of hydrogen-bond donors (Lipinski definition) is 2. The fourth-order valence-electron chi connectivity index (χ4n) is 4.54. The molecule has 0 amide bonds. The van der Waals surface area contributed by atoms with Crippen LogP contribution in [0.25, 0.3) is 0 Å². The van der Waals surface area contributed by atoms with Gasteiger partial charge < -0.3 is 15.5 Å². The fraction of sp³-hybridized carbons (Fsp3) is 0.455. The lowest BCUT2D eigenvalue weighted by molar-refractivity contribution is 0.317. The Hall–Kier alpha value is -2.00. The van der Waals surface area contributed by atoms with Crippen molar-refractivity contribution in [2.45, 2.75) is 44.3 Å². The molecule has 25 heavy (non-hydrogen) atoms. The normalized spacial score (nSPS) is 24.7. The molecule has 0 radical (unpaired) electrons. The third kappa shape index (κ3) is 3.13. The molecule has 2 bridgehead atoms. The van der Waals surface area contributed by atoms with Crippen LogP contribution in [-0.4, -0.2) is 18.6 Å². The number of nitrogens with one attached hydrogen (secondary N) is 2. The fourth-order valence-corrected chi connectivity index (χ4v) is 4.54. The molecule has 2 aliphatic heterocycles. The van der Waals surface area contributed by atoms with E-state index < -0.39 is 0 Å². The Balaban J connectivity index is 1.33. The minimum Gasteiger partial charge on any atom is -0.381 e. The molecule has 5 rings (SSSR count). The highest BCUT2D eigenvalue weighted by molar-refractivity contribution is 5.64. The Kier molecular flexibility index (Phi) is 3.70. The molecule has 2 fully saturated rings. The summed E-state index contributed by atoms with van der Waals surface area (Å²) >= 11 is 0. The lowest BCUT2D eigenvalue weighted by atomic mass is 9.91. The van der Waals surface area contributed by atoms with Gasteiger partial charge in [0.15, 0.2) is 0 Å². The molecule has 1 saturated carbocycles. The third-order valence-electron chi connectivity index (χ3n) is 6.15. The molecule has 3 nitrogen and oxygen atoms in total. The third-order valence-corrected chi connectivity index (χ3v) is 6.15. The van der Waals surface area contributed by atoms with Gasteiger partial charge in [-0.15, -0.1) is 0 Å². The van der Waals surface area contributed by atoms with E-state index in [1.54, 1.807) is 0 Å². The Morgan fingerprint density at radius 2 is 2.00 bits per heavy atom. The highest BCUT2D eigenvalue weighted by atomic mass is 15.2. The predicted octanol–water partition coefficient (Wildman–Crippen LogP) is 4.15. The highest BCUT2D eigenvalue weighted by Crippen LogP contribution is 2.43. The molecule has 130 valence electrons. The summed E-state index contributed by atoms with van der Waals surface area (Å²) < 4.78 is 0. The first-order chi connectivity index (χ1) is 12.3. The lowest BCUT2D eigenvalue weighted by Crippen LogP contribution is -2.46. The second-order valence-electron chi connectivity index (χ2n) is 8.14. The Morgan fingerprint density at radius 3 is 2.84 bits per heavy atom. The Bertz CT molecular complexity index is 753. The quantitative estimate of drug-likeness (QED) is 0.861. The molecule has 0 aromatic heterocycles. The van der Waals surface area contributed by atoms with Crippen molar-refractivity contribution in [2.24, 2.45) is 5.92 Å². The van der Waals surface area contributed by atoms with Gasteiger partial charge in [-0.3, -0.25) is 0 Å². The summed E-state index contributed by atoms with van der Waals surface area (Å²) in [5.41, 5.74) is 5.79. The minimum atomic E-state index is 0.359. The van der Waals surface area contributed by atoms with E-state index in [1.807, 2.05) is 0 Å². The van der Waals surface area contributed by atoms with Gasteiger partial charge in [-0.05, 0) is 42.0 Å². The molecular weight excluding hydrogens is 306 g/mol. The zero-order chi connectivity index (χ0) is 16.7. The van der Waals surface area contributed by atoms with Gasteiger partial charge in [0.2, 0.25) is 0 Å². The molecule has 2 N–H and O–H groups in total. The van der Waals surface area contributed by atoms with Gasteiger partial charge in [-0.1, -0.05) is 49.2 Å². The van der Waals surface area contributed by atoms with E-state index in [-0.39, 0.29) is 0 Å². The summed E-state index contributed by atoms with van der Waals surface area (Å²) in [6.45, 7) is 4.26. The molecule has 2 heterocycles. The van der Waals surface area contributed by atoms with Crippen LogP contribution in [-0.2, 0) is 13.1 Å². The van der Waals surface area contributed by atoms with Crippen molar-refractivity contribution in [2.75, 3.05) is 23.3 Å². The van der Waals surface area contributed by atoms with Crippen molar-refractivity contribution < 1.29 is 0 Å². The first kappa shape index (κ1) is 15.3. The number of benzene rings is 2. The van der Waals surface area contributed by atoms with Crippen LogP contribution in [0.1, 0.15) is 36.8 Å². The number of fused-ring (bicyclic) bond motifs is 4. The highest BCUT2D eigenvalue weighted by Gasteiger charge is 2.43. The first-order valence-electron chi connectivity index (χ1n) is 9.70. The van der Waals surface area contributed by atoms with Crippen LogP contribution in [0.15, 0.2) is 48.5 Å². The monoisotopic (exact) mass is 333 g/mol. The van der Waals surface area contributed by atoms with Crippen molar-refractivity contribution in [1.29, 1.82) is 0 Å². The van der Waals surface area contributed by atoms with Crippen LogP contribution in [0.2, 0.25) is 0 Å². The molecule has 1 aliphatic carbocycles. The maximum Gasteiger partial charge on any atom is 0.0433 e. The van der Waals surface area contributed by atoms with Crippen LogP contribution in [0.4, 0.5) is 11.4 Å². The molecule has 3 aliphatic rings. The van der Waals surface area contributed by atoms with E-state index in [2.05, 4.69) is 64.1 Å². The van der Waals surface area contributed by atoms with Gasteiger partial charge in [0, 0.05) is 43.1 Å². The molecule has 1 atom stereocenters. The average Bonchev–Trinajstić information content (AvgIpc) is 3.38. The average molecular weight is 333 g/mol. The zero-order valence-electron chi connectivity index (χ0n) is 14.8. The second-order valence-corrected chi connectivity index (χ2v) is 8.14. The molecule has 1 unspecified atom stereocenters. The largest absolute Gasteiger partial charge is 0.381 e. The van der Waals surface area contributed by atoms with Crippen LogP contribution < -0.4 is 15.5 Å². The first-order valence-corrected chi connectivity index (χ1v) is 9.70. The van der Waals surface area contributed by atoms with Gasteiger partial charge in [-0.2, -0.15) is 0 Å². The second kappa shape index (κ2) is 6.06. The van der Waals surface area contributed by atoms with E-state index in [4.69, 9.17) is 0 Å². The van der Waals surface area contributed by atoms with E-state index in [0.29, 0.717) is 5.54 Å². The number of rotatable bonds is 5. The van der Waals surface area contributed by atoms with Crippen molar-refractivity contribution >= 4 is 11.4 Å². The van der Waals surface area contributed by atoms with Crippen molar-refractivity contribution in [1.82, 2.24) is 5.32 Å². The summed E-state index contributed by atoms with van der Waals surface area (Å²) in [6, 6.07) is 17.5. The summed E-state index contributed by atoms with van der Waals surface area (Å²) in [4.78, 5) is 2.62. The summed E-state index contributed by atoms with van der Waals surface area (Å²) in [5, 5.41) is 7.52. The maximum atomic E-state index is 3.93. The lowest BCUT2D eigenvalue weighted by Gasteiger charge is -2.29. The molecule has 0 spiro atoms.